The molecule has 0 aliphatic heterocycles. The Kier molecular flexibility index (Phi) is 7.42. The van der Waals surface area contributed by atoms with Gasteiger partial charge < -0.3 is 34.4 Å². The van der Waals surface area contributed by atoms with Gasteiger partial charge in [0.2, 0.25) is 17.9 Å². The van der Waals surface area contributed by atoms with Crippen molar-refractivity contribution in [3.8, 4) is 0 Å². The van der Waals surface area contributed by atoms with Gasteiger partial charge in [0.1, 0.15) is 0 Å². The molecule has 1 rings (SSSR count). The Hall–Kier alpha value is -3.96. The lowest BCUT2D eigenvalue weighted by Crippen LogP contribution is -2.22. The van der Waals surface area contributed by atoms with Gasteiger partial charge in [0.15, 0.2) is 0 Å². The third kappa shape index (κ3) is 7.21. The van der Waals surface area contributed by atoms with Gasteiger partial charge in [0.25, 0.3) is 0 Å². The lowest BCUT2D eigenvalue weighted by atomic mass is 9.98. The molecule has 12 nitrogen and oxygen atoms in total. The van der Waals surface area contributed by atoms with Gasteiger partial charge >= 0.3 is 0 Å². The molecule has 1 aromatic carbocycles. The van der Waals surface area contributed by atoms with Crippen LogP contribution in [-0.2, 0) is 0 Å². The molecule has 27 heavy (non-hydrogen) atoms. The third-order valence-corrected chi connectivity index (χ3v) is 3.13. The maximum Gasteiger partial charge on any atom is 0.211 e. The van der Waals surface area contributed by atoms with E-state index >= 15 is 0 Å². The van der Waals surface area contributed by atoms with Crippen molar-refractivity contribution in [2.75, 3.05) is 0 Å². The lowest BCUT2D eigenvalue weighted by molar-refractivity contribution is 1.19. The maximum atomic E-state index is 5.32. The van der Waals surface area contributed by atoms with Crippen LogP contribution >= 0.6 is 0 Å². The summed E-state index contributed by atoms with van der Waals surface area (Å²) >= 11 is 0. The Balaban J connectivity index is 3.56. The Bertz CT molecular complexity index is 734. The highest BCUT2D eigenvalue weighted by atomic mass is 15.3. The van der Waals surface area contributed by atoms with E-state index in [-0.39, 0.29) is 17.9 Å². The smallest absolute Gasteiger partial charge is 0.211 e. The Morgan fingerprint density at radius 3 is 0.889 bits per heavy atom. The average molecular weight is 372 g/mol. The number of benzene rings is 1. The van der Waals surface area contributed by atoms with Crippen molar-refractivity contribution in [3.63, 3.8) is 0 Å². The first-order valence-corrected chi connectivity index (χ1v) is 7.66. The largest absolute Gasteiger partial charge is 0.369 e. The molecule has 1 aromatic rings. The third-order valence-electron chi connectivity index (χ3n) is 3.13. The fraction of sp³-hybridized carbons (Fsp3) is 0.200. The Morgan fingerprint density at radius 2 is 0.704 bits per heavy atom. The quantitative estimate of drug-likeness (QED) is 0.201. The molecule has 0 unspecified atom stereocenters. The number of nitrogens with two attached hydrogens (primary N) is 6. The summed E-state index contributed by atoms with van der Waals surface area (Å²) in [7, 11) is 0. The molecule has 0 amide bonds. The summed E-state index contributed by atoms with van der Waals surface area (Å²) in [6, 6.07) is 5.50. The standard InChI is InChI=1S/C15H24N12/c1-7(22-25-13(16)17)10-4-11(8(2)23-26-14(18)19)6-12(5-10)9(3)24-27-15(20)21/h4-6H,1-3H3,(H4,16,17,25)(H4,18,19,26)(H4,20,21,27)/b22-7-,23-8+,24-9+. The number of guanidine groups is 3. The first kappa shape index (κ1) is 21.1. The van der Waals surface area contributed by atoms with Crippen molar-refractivity contribution in [1.29, 1.82) is 0 Å². The molecular weight excluding hydrogens is 348 g/mol. The highest BCUT2D eigenvalue weighted by molar-refractivity contribution is 6.08. The molecule has 0 spiro atoms. The molecule has 12 N–H and O–H groups in total. The summed E-state index contributed by atoms with van der Waals surface area (Å²) in [5, 5.41) is 22.9. The first-order chi connectivity index (χ1) is 12.6. The van der Waals surface area contributed by atoms with Crippen molar-refractivity contribution in [2.45, 2.75) is 20.8 Å². The zero-order valence-electron chi connectivity index (χ0n) is 15.4. The number of hydrogen-bond acceptors (Lipinski definition) is 6. The fourth-order valence-electron chi connectivity index (χ4n) is 1.83. The highest BCUT2D eigenvalue weighted by Crippen LogP contribution is 2.15. The van der Waals surface area contributed by atoms with Gasteiger partial charge in [0, 0.05) is 0 Å². The van der Waals surface area contributed by atoms with Crippen LogP contribution in [-0.4, -0.2) is 35.0 Å². The van der Waals surface area contributed by atoms with E-state index in [1.54, 1.807) is 20.8 Å². The lowest BCUT2D eigenvalue weighted by Gasteiger charge is -2.09. The predicted octanol–water partition coefficient (Wildman–Crippen LogP) is -1.32. The summed E-state index contributed by atoms with van der Waals surface area (Å²) in [5.41, 5.74) is 35.8. The second kappa shape index (κ2) is 9.50. The van der Waals surface area contributed by atoms with Gasteiger partial charge in [-0.2, -0.15) is 15.3 Å². The molecule has 0 aliphatic rings. The maximum absolute atomic E-state index is 5.32. The van der Waals surface area contributed by atoms with Crippen LogP contribution < -0.4 is 34.4 Å². The van der Waals surface area contributed by atoms with E-state index in [1.807, 2.05) is 18.2 Å². The van der Waals surface area contributed by atoms with Crippen molar-refractivity contribution < 1.29 is 0 Å². The minimum atomic E-state index is -0.151. The van der Waals surface area contributed by atoms with E-state index in [9.17, 15) is 0 Å². The van der Waals surface area contributed by atoms with Crippen molar-refractivity contribution in [1.82, 2.24) is 0 Å². The minimum Gasteiger partial charge on any atom is -0.369 e. The van der Waals surface area contributed by atoms with Crippen LogP contribution in [0.4, 0.5) is 0 Å². The molecule has 0 saturated heterocycles. The SMILES string of the molecule is C/C(=N/N=C(N)N)c1cc(/C(C)=N/N=C(N)N)cc(/C(C)=N/N=C(N)N)c1. The van der Waals surface area contributed by atoms with Crippen LogP contribution in [0.1, 0.15) is 37.5 Å². The van der Waals surface area contributed by atoms with Gasteiger partial charge in [-0.15, -0.1) is 15.3 Å². The highest BCUT2D eigenvalue weighted by Gasteiger charge is 2.09. The van der Waals surface area contributed by atoms with Crippen molar-refractivity contribution in [3.05, 3.63) is 34.9 Å². The topological polar surface area (TPSA) is 230 Å². The fourth-order valence-corrected chi connectivity index (χ4v) is 1.83. The molecule has 0 radical (unpaired) electrons. The predicted molar refractivity (Wildman–Crippen MR) is 111 cm³/mol. The average Bonchev–Trinajstić information content (AvgIpc) is 2.61. The van der Waals surface area contributed by atoms with Gasteiger partial charge in [-0.3, -0.25) is 0 Å². The van der Waals surface area contributed by atoms with Crippen LogP contribution in [0, 0.1) is 0 Å². The zero-order chi connectivity index (χ0) is 20.6. The van der Waals surface area contributed by atoms with E-state index in [0.717, 1.165) is 16.7 Å². The molecule has 0 aromatic heterocycles. The van der Waals surface area contributed by atoms with Crippen LogP contribution in [0.25, 0.3) is 0 Å². The van der Waals surface area contributed by atoms with E-state index in [1.165, 1.54) is 0 Å². The molecule has 12 heteroatoms. The minimum absolute atomic E-state index is 0.151. The molecule has 0 bridgehead atoms. The summed E-state index contributed by atoms with van der Waals surface area (Å²) in [5.74, 6) is -0.454. The van der Waals surface area contributed by atoms with E-state index in [4.69, 9.17) is 34.4 Å². The number of rotatable bonds is 6. The van der Waals surface area contributed by atoms with Crippen molar-refractivity contribution >= 4 is 35.0 Å². The Morgan fingerprint density at radius 1 is 0.481 bits per heavy atom. The number of hydrogen-bond donors (Lipinski definition) is 6. The van der Waals surface area contributed by atoms with E-state index < -0.39 is 0 Å². The Labute approximate surface area is 156 Å². The van der Waals surface area contributed by atoms with Crippen LogP contribution in [0.15, 0.2) is 48.8 Å². The van der Waals surface area contributed by atoms with Gasteiger partial charge in [0.05, 0.1) is 17.1 Å². The summed E-state index contributed by atoms with van der Waals surface area (Å²) in [6.45, 7) is 5.25. The molecule has 0 aliphatic carbocycles. The molecule has 0 fully saturated rings. The number of nitrogens with zero attached hydrogens (tertiary/aromatic N) is 6. The summed E-state index contributed by atoms with van der Waals surface area (Å²) in [4.78, 5) is 0. The zero-order valence-corrected chi connectivity index (χ0v) is 15.4. The molecule has 0 saturated carbocycles. The van der Waals surface area contributed by atoms with Crippen LogP contribution in [0.2, 0.25) is 0 Å². The normalized spacial score (nSPS) is 12.3. The second-order valence-electron chi connectivity index (χ2n) is 5.43. The molecule has 144 valence electrons. The molecular formula is C15H24N12. The first-order valence-electron chi connectivity index (χ1n) is 7.66. The monoisotopic (exact) mass is 372 g/mol. The van der Waals surface area contributed by atoms with Crippen LogP contribution in [0.5, 0.6) is 0 Å². The van der Waals surface area contributed by atoms with Crippen LogP contribution in [0.3, 0.4) is 0 Å². The van der Waals surface area contributed by atoms with E-state index in [2.05, 4.69) is 30.6 Å². The van der Waals surface area contributed by atoms with Gasteiger partial charge in [-0.1, -0.05) is 0 Å². The molecule has 0 atom stereocenters. The summed E-state index contributed by atoms with van der Waals surface area (Å²) in [6.07, 6.45) is 0. The molecule has 0 heterocycles. The van der Waals surface area contributed by atoms with E-state index in [0.29, 0.717) is 17.1 Å². The summed E-state index contributed by atoms with van der Waals surface area (Å²) < 4.78 is 0. The van der Waals surface area contributed by atoms with Gasteiger partial charge in [-0.25, -0.2) is 0 Å². The second-order valence-corrected chi connectivity index (χ2v) is 5.43. The van der Waals surface area contributed by atoms with Gasteiger partial charge in [-0.05, 0) is 55.7 Å². The van der Waals surface area contributed by atoms with Crippen molar-refractivity contribution in [2.24, 2.45) is 65.0 Å².